The number of benzene rings is 1. The monoisotopic (exact) mass is 242 g/mol. The number of rotatable bonds is 4. The van der Waals surface area contributed by atoms with Gasteiger partial charge in [0.15, 0.2) is 0 Å². The van der Waals surface area contributed by atoms with Crippen LogP contribution in [0.3, 0.4) is 0 Å². The van der Waals surface area contributed by atoms with Gasteiger partial charge in [0.05, 0.1) is 0 Å². The minimum absolute atomic E-state index is 0.890. The number of aromatic nitrogens is 1. The molecule has 0 radical (unpaired) electrons. The third kappa shape index (κ3) is 2.58. The number of nitrogens with one attached hydrogen (secondary N) is 1. The van der Waals surface area contributed by atoms with Crippen LogP contribution < -0.4 is 5.32 Å². The molecular formula is C16H22N2. The molecular weight excluding hydrogens is 220 g/mol. The second kappa shape index (κ2) is 5.30. The zero-order valence-electron chi connectivity index (χ0n) is 11.7. The lowest BCUT2D eigenvalue weighted by atomic mass is 10.1. The zero-order chi connectivity index (χ0) is 13.1. The van der Waals surface area contributed by atoms with Crippen LogP contribution in [0.4, 0.5) is 5.69 Å². The van der Waals surface area contributed by atoms with E-state index in [1.165, 1.54) is 28.2 Å². The SMILES string of the molecule is CCc1cccc(NCc2cc(C)n(C)c2C)c1. The summed E-state index contributed by atoms with van der Waals surface area (Å²) in [6.07, 6.45) is 1.08. The highest BCUT2D eigenvalue weighted by Crippen LogP contribution is 2.16. The van der Waals surface area contributed by atoms with Gasteiger partial charge in [0.1, 0.15) is 0 Å². The Hall–Kier alpha value is -1.70. The number of hydrogen-bond acceptors (Lipinski definition) is 1. The van der Waals surface area contributed by atoms with Crippen molar-refractivity contribution in [2.45, 2.75) is 33.7 Å². The molecule has 2 rings (SSSR count). The molecule has 18 heavy (non-hydrogen) atoms. The summed E-state index contributed by atoms with van der Waals surface area (Å²) in [6.45, 7) is 7.39. The normalized spacial score (nSPS) is 10.7. The largest absolute Gasteiger partial charge is 0.381 e. The second-order valence-electron chi connectivity index (χ2n) is 4.86. The Morgan fingerprint density at radius 2 is 1.94 bits per heavy atom. The fourth-order valence-corrected chi connectivity index (χ4v) is 2.21. The van der Waals surface area contributed by atoms with Crippen molar-refractivity contribution < 1.29 is 0 Å². The molecule has 0 fully saturated rings. The molecule has 0 aliphatic rings. The molecule has 0 atom stereocenters. The van der Waals surface area contributed by atoms with Crippen LogP contribution in [0, 0.1) is 13.8 Å². The molecule has 1 N–H and O–H groups in total. The van der Waals surface area contributed by atoms with E-state index in [1.54, 1.807) is 0 Å². The molecule has 0 spiro atoms. The van der Waals surface area contributed by atoms with E-state index in [0.717, 1.165) is 13.0 Å². The summed E-state index contributed by atoms with van der Waals surface area (Å²) in [5.41, 5.74) is 6.60. The number of nitrogens with zero attached hydrogens (tertiary/aromatic N) is 1. The predicted molar refractivity (Wildman–Crippen MR) is 78.0 cm³/mol. The molecule has 2 nitrogen and oxygen atoms in total. The molecule has 0 saturated carbocycles. The van der Waals surface area contributed by atoms with Crippen molar-refractivity contribution in [3.05, 3.63) is 52.8 Å². The summed E-state index contributed by atoms with van der Waals surface area (Å²) >= 11 is 0. The van der Waals surface area contributed by atoms with E-state index < -0.39 is 0 Å². The van der Waals surface area contributed by atoms with Crippen molar-refractivity contribution in [1.82, 2.24) is 4.57 Å². The van der Waals surface area contributed by atoms with Crippen LogP contribution in [0.25, 0.3) is 0 Å². The minimum Gasteiger partial charge on any atom is -0.381 e. The summed E-state index contributed by atoms with van der Waals surface area (Å²) in [4.78, 5) is 0. The van der Waals surface area contributed by atoms with Crippen LogP contribution in [0.5, 0.6) is 0 Å². The Morgan fingerprint density at radius 3 is 2.56 bits per heavy atom. The van der Waals surface area contributed by atoms with Gasteiger partial charge in [-0.25, -0.2) is 0 Å². The average Bonchev–Trinajstić information content (AvgIpc) is 2.64. The highest BCUT2D eigenvalue weighted by molar-refractivity contribution is 5.46. The minimum atomic E-state index is 0.890. The molecule has 1 heterocycles. The molecule has 0 amide bonds. The van der Waals surface area contributed by atoms with E-state index in [1.807, 2.05) is 0 Å². The fraction of sp³-hybridized carbons (Fsp3) is 0.375. The first-order chi connectivity index (χ1) is 8.61. The van der Waals surface area contributed by atoms with Gasteiger partial charge in [-0.1, -0.05) is 19.1 Å². The van der Waals surface area contributed by atoms with Gasteiger partial charge in [-0.05, 0) is 49.6 Å². The van der Waals surface area contributed by atoms with Crippen LogP contribution in [0.2, 0.25) is 0 Å². The van der Waals surface area contributed by atoms with Crippen molar-refractivity contribution in [1.29, 1.82) is 0 Å². The zero-order valence-corrected chi connectivity index (χ0v) is 11.7. The first-order valence-corrected chi connectivity index (χ1v) is 6.56. The summed E-state index contributed by atoms with van der Waals surface area (Å²) in [5.74, 6) is 0. The predicted octanol–water partition coefficient (Wildman–Crippen LogP) is 3.82. The van der Waals surface area contributed by atoms with E-state index in [0.29, 0.717) is 0 Å². The van der Waals surface area contributed by atoms with E-state index in [-0.39, 0.29) is 0 Å². The number of hydrogen-bond donors (Lipinski definition) is 1. The van der Waals surface area contributed by atoms with E-state index in [2.05, 4.69) is 68.0 Å². The molecule has 0 unspecified atom stereocenters. The van der Waals surface area contributed by atoms with Crippen LogP contribution in [-0.2, 0) is 20.0 Å². The smallest absolute Gasteiger partial charge is 0.0418 e. The van der Waals surface area contributed by atoms with Crippen LogP contribution in [0.15, 0.2) is 30.3 Å². The summed E-state index contributed by atoms with van der Waals surface area (Å²) < 4.78 is 2.24. The third-order valence-electron chi connectivity index (χ3n) is 3.70. The highest BCUT2D eigenvalue weighted by Gasteiger charge is 2.05. The maximum absolute atomic E-state index is 3.50. The van der Waals surface area contributed by atoms with E-state index in [9.17, 15) is 0 Å². The number of anilines is 1. The molecule has 0 saturated heterocycles. The molecule has 0 aliphatic carbocycles. The van der Waals surface area contributed by atoms with Gasteiger partial charge in [-0.15, -0.1) is 0 Å². The first-order valence-electron chi connectivity index (χ1n) is 6.56. The third-order valence-corrected chi connectivity index (χ3v) is 3.70. The Bertz CT molecular complexity index is 538. The Morgan fingerprint density at radius 1 is 1.17 bits per heavy atom. The van der Waals surface area contributed by atoms with E-state index >= 15 is 0 Å². The van der Waals surface area contributed by atoms with Crippen molar-refractivity contribution >= 4 is 5.69 Å². The van der Waals surface area contributed by atoms with Crippen LogP contribution in [0.1, 0.15) is 29.4 Å². The lowest BCUT2D eigenvalue weighted by molar-refractivity contribution is 0.837. The van der Waals surface area contributed by atoms with Gasteiger partial charge in [0.25, 0.3) is 0 Å². The molecule has 1 aromatic heterocycles. The van der Waals surface area contributed by atoms with Gasteiger partial charge in [-0.2, -0.15) is 0 Å². The van der Waals surface area contributed by atoms with Crippen molar-refractivity contribution in [2.24, 2.45) is 7.05 Å². The lowest BCUT2D eigenvalue weighted by Crippen LogP contribution is -2.01. The van der Waals surface area contributed by atoms with Gasteiger partial charge < -0.3 is 9.88 Å². The van der Waals surface area contributed by atoms with Crippen molar-refractivity contribution in [3.63, 3.8) is 0 Å². The summed E-state index contributed by atoms with van der Waals surface area (Å²) in [5, 5.41) is 3.50. The van der Waals surface area contributed by atoms with Crippen LogP contribution >= 0.6 is 0 Å². The summed E-state index contributed by atoms with van der Waals surface area (Å²) in [6, 6.07) is 10.9. The standard InChI is InChI=1S/C16H22N2/c1-5-14-7-6-8-16(10-14)17-11-15-9-12(2)18(4)13(15)3/h6-10,17H,5,11H2,1-4H3. The number of aryl methyl sites for hydroxylation is 2. The highest BCUT2D eigenvalue weighted by atomic mass is 15.0. The lowest BCUT2D eigenvalue weighted by Gasteiger charge is -2.08. The van der Waals surface area contributed by atoms with E-state index in [4.69, 9.17) is 0 Å². The summed E-state index contributed by atoms with van der Waals surface area (Å²) in [7, 11) is 2.12. The quantitative estimate of drug-likeness (QED) is 0.862. The van der Waals surface area contributed by atoms with Gasteiger partial charge in [0, 0.05) is 30.7 Å². The molecule has 1 aromatic carbocycles. The Labute approximate surface area is 110 Å². The van der Waals surface area contributed by atoms with Gasteiger partial charge >= 0.3 is 0 Å². The molecule has 2 aromatic rings. The molecule has 96 valence electrons. The van der Waals surface area contributed by atoms with Crippen molar-refractivity contribution in [3.8, 4) is 0 Å². The Kier molecular flexibility index (Phi) is 3.75. The fourth-order valence-electron chi connectivity index (χ4n) is 2.21. The maximum atomic E-state index is 3.50. The Balaban J connectivity index is 2.09. The first kappa shape index (κ1) is 12.7. The molecule has 2 heteroatoms. The van der Waals surface area contributed by atoms with Crippen LogP contribution in [-0.4, -0.2) is 4.57 Å². The van der Waals surface area contributed by atoms with Gasteiger partial charge in [-0.3, -0.25) is 0 Å². The molecule has 0 bridgehead atoms. The van der Waals surface area contributed by atoms with Crippen molar-refractivity contribution in [2.75, 3.05) is 5.32 Å². The average molecular weight is 242 g/mol. The topological polar surface area (TPSA) is 17.0 Å². The second-order valence-corrected chi connectivity index (χ2v) is 4.86. The maximum Gasteiger partial charge on any atom is 0.0418 e. The van der Waals surface area contributed by atoms with Gasteiger partial charge in [0.2, 0.25) is 0 Å². The molecule has 0 aliphatic heterocycles.